The van der Waals surface area contributed by atoms with Crippen molar-refractivity contribution in [2.45, 2.75) is 26.8 Å². The predicted octanol–water partition coefficient (Wildman–Crippen LogP) is 0.463. The largest absolute Gasteiger partial charge is 0.337 e. The van der Waals surface area contributed by atoms with Gasteiger partial charge in [-0.1, -0.05) is 13.8 Å². The van der Waals surface area contributed by atoms with Crippen LogP contribution in [0.15, 0.2) is 0 Å². The van der Waals surface area contributed by atoms with Crippen LogP contribution in [-0.4, -0.2) is 36.5 Å². The second-order valence-electron chi connectivity index (χ2n) is 3.59. The Bertz CT molecular complexity index is 164. The van der Waals surface area contributed by atoms with Gasteiger partial charge in [-0.05, 0) is 6.92 Å². The maximum absolute atomic E-state index is 11.6. The highest BCUT2D eigenvalue weighted by Crippen LogP contribution is 2.09. The zero-order valence-corrected chi connectivity index (χ0v) is 8.13. The summed E-state index contributed by atoms with van der Waals surface area (Å²) in [7, 11) is 0. The Kier molecular flexibility index (Phi) is 3.09. The van der Waals surface area contributed by atoms with Crippen molar-refractivity contribution >= 4 is 5.91 Å². The molecule has 12 heavy (non-hydrogen) atoms. The summed E-state index contributed by atoms with van der Waals surface area (Å²) in [5.41, 5.74) is 0. The topological polar surface area (TPSA) is 32.3 Å². The molecule has 3 heteroatoms. The van der Waals surface area contributed by atoms with Gasteiger partial charge in [-0.25, -0.2) is 0 Å². The molecular weight excluding hydrogens is 152 g/mol. The third-order valence-corrected chi connectivity index (χ3v) is 2.32. The minimum Gasteiger partial charge on any atom is -0.337 e. The van der Waals surface area contributed by atoms with Crippen LogP contribution in [0.25, 0.3) is 0 Å². The highest BCUT2D eigenvalue weighted by Gasteiger charge is 2.28. The Hall–Kier alpha value is -0.570. The maximum Gasteiger partial charge on any atom is 0.225 e. The molecule has 70 valence electrons. The van der Waals surface area contributed by atoms with E-state index in [4.69, 9.17) is 0 Å². The van der Waals surface area contributed by atoms with E-state index in [9.17, 15) is 4.79 Å². The molecule has 1 amide bonds. The van der Waals surface area contributed by atoms with Crippen molar-refractivity contribution < 1.29 is 4.79 Å². The molecule has 1 N–H and O–H groups in total. The second-order valence-corrected chi connectivity index (χ2v) is 3.59. The molecule has 0 aliphatic carbocycles. The smallest absolute Gasteiger partial charge is 0.225 e. The van der Waals surface area contributed by atoms with Crippen LogP contribution >= 0.6 is 0 Å². The molecule has 0 unspecified atom stereocenters. The molecule has 1 fully saturated rings. The highest BCUT2D eigenvalue weighted by molar-refractivity contribution is 5.78. The normalized spacial score (nSPS) is 17.7. The maximum atomic E-state index is 11.6. The summed E-state index contributed by atoms with van der Waals surface area (Å²) in [5, 5.41) is 3.18. The van der Waals surface area contributed by atoms with Crippen LogP contribution in [0.4, 0.5) is 0 Å². The van der Waals surface area contributed by atoms with Gasteiger partial charge in [0.1, 0.15) is 0 Å². The van der Waals surface area contributed by atoms with Crippen molar-refractivity contribution in [1.82, 2.24) is 10.2 Å². The van der Waals surface area contributed by atoms with E-state index < -0.39 is 0 Å². The average Bonchev–Trinajstić information content (AvgIpc) is 1.94. The van der Waals surface area contributed by atoms with E-state index in [-0.39, 0.29) is 11.8 Å². The number of hydrogen-bond donors (Lipinski definition) is 1. The number of hydrogen-bond acceptors (Lipinski definition) is 2. The van der Waals surface area contributed by atoms with Gasteiger partial charge >= 0.3 is 0 Å². The quantitative estimate of drug-likeness (QED) is 0.667. The first-order chi connectivity index (χ1) is 5.66. The van der Waals surface area contributed by atoms with Gasteiger partial charge in [0, 0.05) is 25.6 Å². The van der Waals surface area contributed by atoms with Gasteiger partial charge in [-0.15, -0.1) is 0 Å². The summed E-state index contributed by atoms with van der Waals surface area (Å²) >= 11 is 0. The van der Waals surface area contributed by atoms with E-state index in [0.717, 1.165) is 19.6 Å². The summed E-state index contributed by atoms with van der Waals surface area (Å²) in [4.78, 5) is 13.6. The Morgan fingerprint density at radius 2 is 2.17 bits per heavy atom. The monoisotopic (exact) mass is 170 g/mol. The molecule has 0 saturated carbocycles. The molecule has 0 aromatic carbocycles. The minimum atomic E-state index is 0.130. The summed E-state index contributed by atoms with van der Waals surface area (Å²) < 4.78 is 0. The van der Waals surface area contributed by atoms with E-state index in [1.165, 1.54) is 0 Å². The summed E-state index contributed by atoms with van der Waals surface area (Å²) in [6.45, 7) is 8.72. The summed E-state index contributed by atoms with van der Waals surface area (Å²) in [5.74, 6) is 0.412. The predicted molar refractivity (Wildman–Crippen MR) is 48.9 cm³/mol. The van der Waals surface area contributed by atoms with Crippen molar-refractivity contribution in [1.29, 1.82) is 0 Å². The number of amides is 1. The van der Waals surface area contributed by atoms with E-state index in [1.807, 2.05) is 25.7 Å². The molecule has 1 aliphatic rings. The van der Waals surface area contributed by atoms with E-state index in [2.05, 4.69) is 5.32 Å². The molecule has 1 rings (SSSR count). The third-order valence-electron chi connectivity index (χ3n) is 2.32. The first-order valence-electron chi connectivity index (χ1n) is 4.68. The number of rotatable bonds is 3. The van der Waals surface area contributed by atoms with Crippen LogP contribution in [0.2, 0.25) is 0 Å². The fraction of sp³-hybridized carbons (Fsp3) is 0.889. The van der Waals surface area contributed by atoms with Crippen LogP contribution < -0.4 is 5.32 Å². The van der Waals surface area contributed by atoms with Crippen LogP contribution in [0.5, 0.6) is 0 Å². The van der Waals surface area contributed by atoms with Crippen LogP contribution in [0, 0.1) is 5.92 Å². The van der Waals surface area contributed by atoms with Gasteiger partial charge in [-0.2, -0.15) is 0 Å². The van der Waals surface area contributed by atoms with Gasteiger partial charge in [0.2, 0.25) is 5.91 Å². The lowest BCUT2D eigenvalue weighted by Crippen LogP contribution is -2.59. The number of nitrogens with one attached hydrogen (secondary N) is 1. The lowest BCUT2D eigenvalue weighted by molar-refractivity contribution is -0.137. The summed E-state index contributed by atoms with van der Waals surface area (Å²) in [6, 6.07) is 0.449. The van der Waals surface area contributed by atoms with Crippen LogP contribution in [0.3, 0.4) is 0 Å². The number of carbonyl (C=O) groups excluding carboxylic acids is 1. The van der Waals surface area contributed by atoms with Crippen molar-refractivity contribution in [2.24, 2.45) is 5.92 Å². The molecule has 0 bridgehead atoms. The highest BCUT2D eigenvalue weighted by atomic mass is 16.2. The Morgan fingerprint density at radius 1 is 1.58 bits per heavy atom. The standard InChI is InChI=1S/C9H18N2O/c1-4-11(8-5-10-6-8)9(12)7(2)3/h7-8,10H,4-6H2,1-3H3. The Balaban J connectivity index is 2.48. The Morgan fingerprint density at radius 3 is 2.42 bits per heavy atom. The van der Waals surface area contributed by atoms with Crippen molar-refractivity contribution in [3.05, 3.63) is 0 Å². The zero-order chi connectivity index (χ0) is 9.14. The van der Waals surface area contributed by atoms with E-state index in [0.29, 0.717) is 6.04 Å². The zero-order valence-electron chi connectivity index (χ0n) is 8.13. The number of likely N-dealkylation sites (N-methyl/N-ethyl adjacent to an activating group) is 1. The van der Waals surface area contributed by atoms with Gasteiger partial charge < -0.3 is 10.2 Å². The first-order valence-corrected chi connectivity index (χ1v) is 4.68. The lowest BCUT2D eigenvalue weighted by Gasteiger charge is -2.38. The fourth-order valence-corrected chi connectivity index (χ4v) is 1.42. The molecule has 0 aromatic rings. The molecular formula is C9H18N2O. The van der Waals surface area contributed by atoms with Crippen molar-refractivity contribution in [3.63, 3.8) is 0 Å². The minimum absolute atomic E-state index is 0.130. The van der Waals surface area contributed by atoms with Gasteiger partial charge in [0.15, 0.2) is 0 Å². The molecule has 1 saturated heterocycles. The third kappa shape index (κ3) is 1.78. The van der Waals surface area contributed by atoms with Gasteiger partial charge in [-0.3, -0.25) is 4.79 Å². The molecule has 0 spiro atoms. The lowest BCUT2D eigenvalue weighted by atomic mass is 10.1. The van der Waals surface area contributed by atoms with E-state index in [1.54, 1.807) is 0 Å². The van der Waals surface area contributed by atoms with E-state index >= 15 is 0 Å². The SMILES string of the molecule is CCN(C(=O)C(C)C)C1CNC1. The molecule has 3 nitrogen and oxygen atoms in total. The van der Waals surface area contributed by atoms with Crippen molar-refractivity contribution in [2.75, 3.05) is 19.6 Å². The van der Waals surface area contributed by atoms with Crippen molar-refractivity contribution in [3.8, 4) is 0 Å². The number of nitrogens with zero attached hydrogens (tertiary/aromatic N) is 1. The number of carbonyl (C=O) groups is 1. The second kappa shape index (κ2) is 3.90. The van der Waals surface area contributed by atoms with Gasteiger partial charge in [0.05, 0.1) is 6.04 Å². The molecule has 0 radical (unpaired) electrons. The fourth-order valence-electron chi connectivity index (χ4n) is 1.42. The Labute approximate surface area is 74.1 Å². The summed E-state index contributed by atoms with van der Waals surface area (Å²) in [6.07, 6.45) is 0. The average molecular weight is 170 g/mol. The van der Waals surface area contributed by atoms with Crippen LogP contribution in [-0.2, 0) is 4.79 Å². The first kappa shape index (κ1) is 9.52. The van der Waals surface area contributed by atoms with Crippen LogP contribution in [0.1, 0.15) is 20.8 Å². The van der Waals surface area contributed by atoms with Gasteiger partial charge in [0.25, 0.3) is 0 Å². The molecule has 1 heterocycles. The molecule has 0 aromatic heterocycles. The molecule has 1 aliphatic heterocycles. The molecule has 0 atom stereocenters.